The zero-order valence-corrected chi connectivity index (χ0v) is 34.6. The van der Waals surface area contributed by atoms with Crippen LogP contribution in [0.5, 0.6) is 0 Å². The van der Waals surface area contributed by atoms with Crippen LogP contribution in [0.3, 0.4) is 0 Å². The van der Waals surface area contributed by atoms with E-state index < -0.39 is 6.10 Å². The molecule has 0 radical (unpaired) electrons. The standard InChI is InChI=1S/C45H86O6/c1-5-8-10-12-13-14-15-16-17-18-19-20-21-25-29-32-36-43(46)49-39-42(51-45(48)38-34-27-11-9-6-2)40-50-44(47)37-33-30-26-23-22-24-28-31-35-41(4)7-3/h41-42H,5-40H2,1-4H3/t41?,42-/m1/s1. The second-order valence-electron chi connectivity index (χ2n) is 15.6. The van der Waals surface area contributed by atoms with Gasteiger partial charge in [0.05, 0.1) is 0 Å². The molecule has 0 aromatic heterocycles. The van der Waals surface area contributed by atoms with Crippen LogP contribution in [-0.2, 0) is 28.6 Å². The van der Waals surface area contributed by atoms with Gasteiger partial charge in [0.1, 0.15) is 13.2 Å². The van der Waals surface area contributed by atoms with Gasteiger partial charge in [-0.3, -0.25) is 14.4 Å². The summed E-state index contributed by atoms with van der Waals surface area (Å²) in [5, 5.41) is 0. The van der Waals surface area contributed by atoms with Crippen molar-refractivity contribution in [1.82, 2.24) is 0 Å². The molecule has 0 amide bonds. The van der Waals surface area contributed by atoms with Gasteiger partial charge in [0.2, 0.25) is 0 Å². The number of hydrogen-bond acceptors (Lipinski definition) is 6. The van der Waals surface area contributed by atoms with Crippen molar-refractivity contribution in [2.24, 2.45) is 5.92 Å². The molecule has 0 bridgehead atoms. The summed E-state index contributed by atoms with van der Waals surface area (Å²) in [4.78, 5) is 37.4. The predicted molar refractivity (Wildman–Crippen MR) is 215 cm³/mol. The molecule has 302 valence electrons. The molecule has 1 unspecified atom stereocenters. The molecule has 6 heteroatoms. The van der Waals surface area contributed by atoms with Crippen LogP contribution in [0.4, 0.5) is 0 Å². The average molecular weight is 723 g/mol. The first-order valence-corrected chi connectivity index (χ1v) is 22.4. The Morgan fingerprint density at radius 3 is 1.02 bits per heavy atom. The summed E-state index contributed by atoms with van der Waals surface area (Å²) in [5.74, 6) is -0.0231. The Labute approximate surface area is 317 Å². The Morgan fingerprint density at radius 1 is 0.392 bits per heavy atom. The first-order valence-electron chi connectivity index (χ1n) is 22.4. The van der Waals surface area contributed by atoms with E-state index in [1.165, 1.54) is 135 Å². The fourth-order valence-corrected chi connectivity index (χ4v) is 6.59. The van der Waals surface area contributed by atoms with E-state index in [9.17, 15) is 14.4 Å². The third-order valence-corrected chi connectivity index (χ3v) is 10.4. The number of hydrogen-bond donors (Lipinski definition) is 0. The van der Waals surface area contributed by atoms with Crippen molar-refractivity contribution in [3.05, 3.63) is 0 Å². The van der Waals surface area contributed by atoms with Gasteiger partial charge in [-0.05, 0) is 25.2 Å². The van der Waals surface area contributed by atoms with Crippen LogP contribution in [0.2, 0.25) is 0 Å². The molecule has 0 saturated heterocycles. The highest BCUT2D eigenvalue weighted by Crippen LogP contribution is 2.17. The van der Waals surface area contributed by atoms with Crippen LogP contribution in [-0.4, -0.2) is 37.2 Å². The lowest BCUT2D eigenvalue weighted by atomic mass is 9.99. The fraction of sp³-hybridized carbons (Fsp3) is 0.933. The monoisotopic (exact) mass is 723 g/mol. The molecule has 0 aromatic carbocycles. The fourth-order valence-electron chi connectivity index (χ4n) is 6.59. The lowest BCUT2D eigenvalue weighted by Gasteiger charge is -2.18. The maximum Gasteiger partial charge on any atom is 0.306 e. The molecule has 51 heavy (non-hydrogen) atoms. The van der Waals surface area contributed by atoms with E-state index in [2.05, 4.69) is 27.7 Å². The molecule has 0 fully saturated rings. The first-order chi connectivity index (χ1) is 24.9. The van der Waals surface area contributed by atoms with Crippen LogP contribution in [0.25, 0.3) is 0 Å². The number of carbonyl (C=O) groups excluding carboxylic acids is 3. The third kappa shape index (κ3) is 38.0. The Balaban J connectivity index is 4.14. The summed E-state index contributed by atoms with van der Waals surface area (Å²) >= 11 is 0. The zero-order valence-electron chi connectivity index (χ0n) is 34.6. The Morgan fingerprint density at radius 2 is 0.686 bits per heavy atom. The van der Waals surface area contributed by atoms with Crippen molar-refractivity contribution >= 4 is 17.9 Å². The number of unbranched alkanes of at least 4 members (excludes halogenated alkanes) is 26. The molecule has 0 aliphatic heterocycles. The highest BCUT2D eigenvalue weighted by atomic mass is 16.6. The molecule has 0 aromatic rings. The van der Waals surface area contributed by atoms with Crippen molar-refractivity contribution in [3.8, 4) is 0 Å². The summed E-state index contributed by atoms with van der Waals surface area (Å²) in [6.07, 6.45) is 38.3. The smallest absolute Gasteiger partial charge is 0.306 e. The largest absolute Gasteiger partial charge is 0.462 e. The Hall–Kier alpha value is -1.59. The number of carbonyl (C=O) groups is 3. The van der Waals surface area contributed by atoms with Gasteiger partial charge in [0.15, 0.2) is 6.10 Å². The van der Waals surface area contributed by atoms with Crippen molar-refractivity contribution in [2.75, 3.05) is 13.2 Å². The molecule has 2 atom stereocenters. The van der Waals surface area contributed by atoms with Gasteiger partial charge < -0.3 is 14.2 Å². The first kappa shape index (κ1) is 49.4. The van der Waals surface area contributed by atoms with Crippen molar-refractivity contribution in [1.29, 1.82) is 0 Å². The second kappa shape index (κ2) is 39.6. The maximum absolute atomic E-state index is 12.5. The molecule has 0 saturated carbocycles. The molecule has 0 aliphatic carbocycles. The van der Waals surface area contributed by atoms with Gasteiger partial charge in [-0.15, -0.1) is 0 Å². The van der Waals surface area contributed by atoms with E-state index in [1.54, 1.807) is 0 Å². The normalized spacial score (nSPS) is 12.5. The van der Waals surface area contributed by atoms with E-state index >= 15 is 0 Å². The van der Waals surface area contributed by atoms with Gasteiger partial charge in [-0.25, -0.2) is 0 Å². The van der Waals surface area contributed by atoms with E-state index in [1.807, 2.05) is 0 Å². The van der Waals surface area contributed by atoms with E-state index in [0.717, 1.165) is 70.1 Å². The molecular weight excluding hydrogens is 636 g/mol. The lowest BCUT2D eigenvalue weighted by Crippen LogP contribution is -2.30. The Kier molecular flexibility index (Phi) is 38.4. The summed E-state index contributed by atoms with van der Waals surface area (Å²) < 4.78 is 16.6. The van der Waals surface area contributed by atoms with Crippen molar-refractivity contribution in [3.63, 3.8) is 0 Å². The van der Waals surface area contributed by atoms with Crippen LogP contribution in [0, 0.1) is 5.92 Å². The van der Waals surface area contributed by atoms with E-state index in [0.29, 0.717) is 19.3 Å². The molecule has 0 N–H and O–H groups in total. The summed E-state index contributed by atoms with van der Waals surface area (Å²) in [6.45, 7) is 8.92. The SMILES string of the molecule is CCCCCCCCCCCCCCCCCCC(=O)OC[C@H](COC(=O)CCCCCCCCCCC(C)CC)OC(=O)CCCCCCC. The van der Waals surface area contributed by atoms with Crippen LogP contribution < -0.4 is 0 Å². The van der Waals surface area contributed by atoms with Gasteiger partial charge in [-0.2, -0.15) is 0 Å². The highest BCUT2D eigenvalue weighted by molar-refractivity contribution is 5.71. The quantitative estimate of drug-likeness (QED) is 0.0356. The number of ether oxygens (including phenoxy) is 3. The highest BCUT2D eigenvalue weighted by Gasteiger charge is 2.19. The maximum atomic E-state index is 12.5. The molecule has 0 rings (SSSR count). The van der Waals surface area contributed by atoms with Gasteiger partial charge in [0, 0.05) is 19.3 Å². The zero-order chi connectivity index (χ0) is 37.5. The minimum Gasteiger partial charge on any atom is -0.462 e. The van der Waals surface area contributed by atoms with Crippen LogP contribution in [0.1, 0.15) is 246 Å². The second-order valence-corrected chi connectivity index (χ2v) is 15.6. The average Bonchev–Trinajstić information content (AvgIpc) is 3.13. The van der Waals surface area contributed by atoms with Gasteiger partial charge in [-0.1, -0.05) is 207 Å². The molecule has 0 aliphatic rings. The van der Waals surface area contributed by atoms with Crippen LogP contribution >= 0.6 is 0 Å². The minimum atomic E-state index is -0.757. The summed E-state index contributed by atoms with van der Waals surface area (Å²) in [6, 6.07) is 0. The minimum absolute atomic E-state index is 0.0656. The van der Waals surface area contributed by atoms with E-state index in [4.69, 9.17) is 14.2 Å². The Bertz CT molecular complexity index is 768. The molecule has 6 nitrogen and oxygen atoms in total. The van der Waals surface area contributed by atoms with Crippen molar-refractivity contribution < 1.29 is 28.6 Å². The van der Waals surface area contributed by atoms with E-state index in [-0.39, 0.29) is 31.1 Å². The molecule has 0 spiro atoms. The topological polar surface area (TPSA) is 78.9 Å². The lowest BCUT2D eigenvalue weighted by molar-refractivity contribution is -0.167. The third-order valence-electron chi connectivity index (χ3n) is 10.4. The summed E-state index contributed by atoms with van der Waals surface area (Å²) in [7, 11) is 0. The number of esters is 3. The molecular formula is C45H86O6. The predicted octanol–water partition coefficient (Wildman–Crippen LogP) is 13.9. The van der Waals surface area contributed by atoms with Gasteiger partial charge >= 0.3 is 17.9 Å². The van der Waals surface area contributed by atoms with Gasteiger partial charge in [0.25, 0.3) is 0 Å². The summed E-state index contributed by atoms with van der Waals surface area (Å²) in [5.41, 5.74) is 0. The van der Waals surface area contributed by atoms with Crippen LogP contribution in [0.15, 0.2) is 0 Å². The number of rotatable bonds is 40. The molecule has 0 heterocycles. The van der Waals surface area contributed by atoms with Crippen molar-refractivity contribution in [2.45, 2.75) is 252 Å².